The molecule has 2 rings (SSSR count). The van der Waals surface area contributed by atoms with E-state index in [0.717, 1.165) is 12.6 Å². The molecule has 1 aromatic carbocycles. The average molecular weight is 805 g/mol. The van der Waals surface area contributed by atoms with Crippen LogP contribution in [-0.4, -0.2) is 174 Å². The van der Waals surface area contributed by atoms with Gasteiger partial charge in [0.1, 0.15) is 50.2 Å². The Labute approximate surface area is 319 Å². The molecule has 0 bridgehead atoms. The van der Waals surface area contributed by atoms with Gasteiger partial charge >= 0.3 is 0 Å². The van der Waals surface area contributed by atoms with E-state index in [1.165, 1.54) is 12.1 Å². The zero-order valence-corrected chi connectivity index (χ0v) is 25.3. The van der Waals surface area contributed by atoms with E-state index in [1.807, 2.05) is 0 Å². The third-order valence-corrected chi connectivity index (χ3v) is 4.65. The van der Waals surface area contributed by atoms with E-state index in [2.05, 4.69) is 0 Å². The second kappa shape index (κ2) is 45.3. The number of unbranched alkanes of at least 4 members (excludes halogenated alkanes) is 1. The van der Waals surface area contributed by atoms with Crippen LogP contribution < -0.4 is 0 Å². The van der Waals surface area contributed by atoms with Gasteiger partial charge in [0.15, 0.2) is 30.9 Å². The smallest absolute Gasteiger partial charge is 0.295 e. The first-order chi connectivity index (χ1) is 22.9. The van der Waals surface area contributed by atoms with Gasteiger partial charge in [-0.3, -0.25) is 33.6 Å². The largest absolute Gasteiger partial charge is 0.393 e. The summed E-state index contributed by atoms with van der Waals surface area (Å²) in [5.41, 5.74) is 0.134. The van der Waals surface area contributed by atoms with Crippen LogP contribution in [-0.2, 0) is 43.2 Å². The monoisotopic (exact) mass is 804 g/mol. The van der Waals surface area contributed by atoms with E-state index in [0.29, 0.717) is 12.8 Å². The fourth-order valence-electron chi connectivity index (χ4n) is 2.10. The molecule has 0 amide bonds. The normalized spacial score (nSPS) is 12.3. The van der Waals surface area contributed by atoms with Crippen molar-refractivity contribution in [3.05, 3.63) is 35.4 Å². The lowest BCUT2D eigenvalue weighted by molar-refractivity contribution is -0.139. The summed E-state index contributed by atoms with van der Waals surface area (Å²) in [4.78, 5) is 109. The molecule has 0 saturated heterocycles. The Morgan fingerprint density at radius 3 is 1.20 bits per heavy atom. The quantitative estimate of drug-likeness (QED) is 0.0288. The predicted octanol–water partition coefficient (Wildman–Crippen LogP) is -3.41. The summed E-state index contributed by atoms with van der Waals surface area (Å²) in [7, 11) is 0. The number of aliphatic hydroxyl groups is 10. The van der Waals surface area contributed by atoms with Crippen molar-refractivity contribution in [3.8, 4) is 0 Å². The first-order valence-electron chi connectivity index (χ1n) is 13.0. The van der Waals surface area contributed by atoms with E-state index in [-0.39, 0.29) is 80.8 Å². The lowest BCUT2D eigenvalue weighted by atomic mass is 10.1. The van der Waals surface area contributed by atoms with E-state index in [1.54, 1.807) is 12.1 Å². The highest BCUT2D eigenvalue weighted by Crippen LogP contribution is 2.27. The minimum absolute atomic E-state index is 0. The minimum atomic E-state index is -2.86. The number of hydrogen-bond donors (Lipinski definition) is 10. The van der Waals surface area contributed by atoms with Crippen molar-refractivity contribution in [2.45, 2.75) is 87.6 Å². The van der Waals surface area contributed by atoms with Crippen LogP contribution in [0, 0.1) is 0 Å². The second-order valence-corrected chi connectivity index (χ2v) is 8.33. The van der Waals surface area contributed by atoms with Crippen molar-refractivity contribution in [1.82, 2.24) is 0 Å². The Morgan fingerprint density at radius 2 is 1.02 bits per heavy atom. The third-order valence-electron chi connectivity index (χ3n) is 4.65. The molecule has 0 aromatic heterocycles. The molecular weight excluding hydrogens is 744 g/mol. The number of carbonyl (C=O) groups is 11. The topological polar surface area (TPSA) is 390 Å². The number of carbonyl (C=O) groups excluding carboxylic acids is 11. The van der Waals surface area contributed by atoms with Gasteiger partial charge in [0.05, 0.1) is 13.2 Å². The molecule has 0 fully saturated rings. The molecule has 21 heteroatoms. The molecule has 0 spiro atoms. The van der Waals surface area contributed by atoms with Crippen LogP contribution in [0.5, 0.6) is 0 Å². The zero-order valence-electron chi connectivity index (χ0n) is 25.3. The highest BCUT2D eigenvalue weighted by molar-refractivity contribution is 6.30. The van der Waals surface area contributed by atoms with Crippen molar-refractivity contribution in [3.63, 3.8) is 0 Å². The van der Waals surface area contributed by atoms with Crippen LogP contribution in [0.1, 0.15) is 78.1 Å². The Balaban J connectivity index is -0.0000000556. The van der Waals surface area contributed by atoms with E-state index in [9.17, 15) is 52.7 Å². The molecule has 10 N–H and O–H groups in total. The van der Waals surface area contributed by atoms with E-state index in [4.69, 9.17) is 51.1 Å². The maximum atomic E-state index is 11.2. The molecule has 0 radical (unpaired) electrons. The predicted molar refractivity (Wildman–Crippen MR) is 196 cm³/mol. The number of ketones is 5. The maximum Gasteiger partial charge on any atom is 0.295 e. The van der Waals surface area contributed by atoms with Gasteiger partial charge < -0.3 is 70.2 Å². The lowest BCUT2D eigenvalue weighted by Crippen LogP contribution is -2.40. The number of hydrogen-bond acceptors (Lipinski definition) is 21. The molecule has 1 aromatic rings. The number of fused-ring (bicyclic) bond motifs is 1. The molecule has 0 heterocycles. The van der Waals surface area contributed by atoms with Crippen LogP contribution >= 0.6 is 0 Å². The molecule has 21 nitrogen and oxygen atoms in total. The Hall–Kier alpha value is -4.81. The van der Waals surface area contributed by atoms with Crippen molar-refractivity contribution in [2.24, 2.45) is 0 Å². The molecular formula is C34H60O21. The van der Waals surface area contributed by atoms with Crippen molar-refractivity contribution in [1.29, 1.82) is 0 Å². The molecule has 322 valence electrons. The highest BCUT2D eigenvalue weighted by atomic mass is 16.5. The lowest BCUT2D eigenvalue weighted by Gasteiger charge is -2.08. The van der Waals surface area contributed by atoms with Gasteiger partial charge in [-0.05, 0) is 0 Å². The van der Waals surface area contributed by atoms with Crippen molar-refractivity contribution < 1.29 is 104 Å². The van der Waals surface area contributed by atoms with Crippen LogP contribution in [0.25, 0.3) is 0 Å². The molecule has 1 aliphatic rings. The maximum absolute atomic E-state index is 11.2. The van der Waals surface area contributed by atoms with Crippen molar-refractivity contribution in [2.75, 3.05) is 26.4 Å². The number of benzene rings is 1. The first-order valence-corrected chi connectivity index (χ1v) is 13.0. The fourth-order valence-corrected chi connectivity index (χ4v) is 2.10. The molecule has 0 aliphatic heterocycles. The van der Waals surface area contributed by atoms with Gasteiger partial charge in [-0.25, -0.2) is 0 Å². The number of Topliss-reactive ketones (excluding diaryl/α,β-unsaturated/α-hetero) is 5. The van der Waals surface area contributed by atoms with E-state index >= 15 is 0 Å². The second-order valence-electron chi connectivity index (χ2n) is 8.33. The standard InChI is InChI=1S/C9H6O4.C5H8O5.C4H6O4.C4H6O2.C3H6O3.C3H4O3.6CH4/c10-7-5-3-1-2-4-6(5)8(11)9(7,12)13;6-1-3(8)5(10)4(9)2-7;5-1-3(7)4(8)2-6;5-3-1-2-4-6;2*4-1-3(6)2-5;;;;;;/h1-4,12-13H;1,3,5,7-8,10H,2H2;1,4,6,8H,2H2;3-4H,1-2H2;1,3,5-6H,2H2;1,5H,2H2;6*1H4. The van der Waals surface area contributed by atoms with Gasteiger partial charge in [0.25, 0.3) is 5.79 Å². The number of aldehydes is 6. The Bertz CT molecular complexity index is 1180. The Kier molecular flexibility index (Phi) is 62.0. The van der Waals surface area contributed by atoms with Gasteiger partial charge in [-0.1, -0.05) is 68.8 Å². The number of rotatable bonds is 14. The highest BCUT2D eigenvalue weighted by Gasteiger charge is 2.50. The van der Waals surface area contributed by atoms with Crippen LogP contribution in [0.2, 0.25) is 0 Å². The third kappa shape index (κ3) is 33.5. The van der Waals surface area contributed by atoms with Crippen LogP contribution in [0.15, 0.2) is 24.3 Å². The van der Waals surface area contributed by atoms with Gasteiger partial charge in [0.2, 0.25) is 23.1 Å². The first kappa shape index (κ1) is 75.2. The van der Waals surface area contributed by atoms with Crippen LogP contribution in [0.3, 0.4) is 0 Å². The van der Waals surface area contributed by atoms with Gasteiger partial charge in [0, 0.05) is 24.0 Å². The molecule has 4 unspecified atom stereocenters. The zero-order chi connectivity index (χ0) is 39.2. The SMILES string of the molecule is C.C.C.C.C.C.O=C1c2ccccc2C(=O)C1(O)O.O=CC(=O)C(O)CO.O=CC(=O)CO.O=CC(O)C(O)C(=O)CO.O=CC(O)CO.O=CCCC=O. The Morgan fingerprint density at radius 1 is 0.618 bits per heavy atom. The summed E-state index contributed by atoms with van der Waals surface area (Å²) in [6, 6.07) is 5.91. The molecule has 4 atom stereocenters. The number of aliphatic hydroxyl groups excluding tert-OH is 8. The summed E-state index contributed by atoms with van der Waals surface area (Å²) in [6.07, 6.45) is -3.71. The summed E-state index contributed by atoms with van der Waals surface area (Å²) in [5, 5.41) is 83.4. The summed E-state index contributed by atoms with van der Waals surface area (Å²) >= 11 is 0. The van der Waals surface area contributed by atoms with Crippen LogP contribution in [0.4, 0.5) is 0 Å². The molecule has 0 saturated carbocycles. The average Bonchev–Trinajstić information content (AvgIpc) is 3.31. The van der Waals surface area contributed by atoms with E-state index < -0.39 is 85.5 Å². The summed E-state index contributed by atoms with van der Waals surface area (Å²) in [5.74, 6) is -7.51. The van der Waals surface area contributed by atoms with Gasteiger partial charge in [-0.15, -0.1) is 0 Å². The molecule has 55 heavy (non-hydrogen) atoms. The van der Waals surface area contributed by atoms with Gasteiger partial charge in [-0.2, -0.15) is 0 Å². The summed E-state index contributed by atoms with van der Waals surface area (Å²) in [6.45, 7) is -2.74. The fraction of sp³-hybridized carbons (Fsp3) is 0.500. The minimum Gasteiger partial charge on any atom is -0.393 e. The van der Waals surface area contributed by atoms with Crippen molar-refractivity contribution >= 4 is 66.6 Å². The summed E-state index contributed by atoms with van der Waals surface area (Å²) < 4.78 is 0. The molecule has 1 aliphatic carbocycles.